The van der Waals surface area contributed by atoms with Crippen LogP contribution in [-0.4, -0.2) is 31.7 Å². The lowest BCUT2D eigenvalue weighted by molar-refractivity contribution is -0.139. The summed E-state index contributed by atoms with van der Waals surface area (Å²) in [6.45, 7) is 3.81. The number of carbonyl (C=O) groups excluding carboxylic acids is 3. The van der Waals surface area contributed by atoms with Crippen molar-refractivity contribution in [2.75, 3.05) is 13.7 Å². The predicted molar refractivity (Wildman–Crippen MR) is 113 cm³/mol. The third-order valence-electron chi connectivity index (χ3n) is 4.66. The van der Waals surface area contributed by atoms with Crippen LogP contribution in [0.1, 0.15) is 42.2 Å². The van der Waals surface area contributed by atoms with Gasteiger partial charge in [-0.1, -0.05) is 31.2 Å². The fourth-order valence-corrected chi connectivity index (χ4v) is 3.17. The molecule has 2 amide bonds. The lowest BCUT2D eigenvalue weighted by Crippen LogP contribution is -2.45. The first kappa shape index (κ1) is 21.9. The minimum Gasteiger partial charge on any atom is -0.493 e. The van der Waals surface area contributed by atoms with Crippen LogP contribution in [0.5, 0.6) is 11.5 Å². The molecule has 1 aliphatic heterocycles. The van der Waals surface area contributed by atoms with E-state index >= 15 is 0 Å². The zero-order valence-corrected chi connectivity index (χ0v) is 17.6. The Bertz CT molecular complexity index is 1020. The van der Waals surface area contributed by atoms with Gasteiger partial charge in [0.1, 0.15) is 0 Å². The van der Waals surface area contributed by atoms with Crippen molar-refractivity contribution >= 4 is 18.0 Å². The SMILES string of the molecule is CCCOC(=O)C1=C(C)NC(=O)NC1c1ccc(OC(=O)c2ccccc2)c(OC)c1. The van der Waals surface area contributed by atoms with Gasteiger partial charge < -0.3 is 24.8 Å². The molecule has 3 rings (SSSR count). The molecule has 162 valence electrons. The van der Waals surface area contributed by atoms with Gasteiger partial charge in [-0.2, -0.15) is 0 Å². The number of carbonyl (C=O) groups is 3. The van der Waals surface area contributed by atoms with Crippen LogP contribution < -0.4 is 20.1 Å². The van der Waals surface area contributed by atoms with Crippen LogP contribution in [0.15, 0.2) is 59.8 Å². The van der Waals surface area contributed by atoms with Crippen molar-refractivity contribution in [2.24, 2.45) is 0 Å². The summed E-state index contributed by atoms with van der Waals surface area (Å²) in [4.78, 5) is 37.0. The molecule has 1 aliphatic rings. The first-order chi connectivity index (χ1) is 14.9. The van der Waals surface area contributed by atoms with E-state index in [0.29, 0.717) is 28.8 Å². The quantitative estimate of drug-likeness (QED) is 0.521. The maximum Gasteiger partial charge on any atom is 0.343 e. The molecule has 8 nitrogen and oxygen atoms in total. The van der Waals surface area contributed by atoms with Gasteiger partial charge in [0.2, 0.25) is 0 Å². The number of methoxy groups -OCH3 is 1. The standard InChI is InChI=1S/C23H24N2O6/c1-4-12-30-22(27)19-14(2)24-23(28)25-20(19)16-10-11-17(18(13-16)29-3)31-21(26)15-8-6-5-7-9-15/h5-11,13,20H,4,12H2,1-3H3,(H2,24,25,28). The number of benzene rings is 2. The van der Waals surface area contributed by atoms with E-state index in [1.807, 2.05) is 6.92 Å². The number of nitrogens with one attached hydrogen (secondary N) is 2. The number of rotatable bonds is 7. The summed E-state index contributed by atoms with van der Waals surface area (Å²) >= 11 is 0. The topological polar surface area (TPSA) is 103 Å². The molecule has 0 bridgehead atoms. The van der Waals surface area contributed by atoms with Gasteiger partial charge in [0.25, 0.3) is 0 Å². The lowest BCUT2D eigenvalue weighted by atomic mass is 9.95. The Hall–Kier alpha value is -3.81. The second-order valence-electron chi connectivity index (χ2n) is 6.87. The first-order valence-electron chi connectivity index (χ1n) is 9.85. The summed E-state index contributed by atoms with van der Waals surface area (Å²) in [7, 11) is 1.44. The van der Waals surface area contributed by atoms with Crippen LogP contribution in [0.4, 0.5) is 4.79 Å². The highest BCUT2D eigenvalue weighted by molar-refractivity contribution is 5.95. The fourth-order valence-electron chi connectivity index (χ4n) is 3.17. The van der Waals surface area contributed by atoms with Gasteiger partial charge in [0, 0.05) is 5.70 Å². The molecule has 8 heteroatoms. The zero-order chi connectivity index (χ0) is 22.4. The summed E-state index contributed by atoms with van der Waals surface area (Å²) < 4.78 is 16.1. The van der Waals surface area contributed by atoms with Gasteiger partial charge in [-0.15, -0.1) is 0 Å². The zero-order valence-electron chi connectivity index (χ0n) is 17.6. The van der Waals surface area contributed by atoms with E-state index in [-0.39, 0.29) is 18.1 Å². The molecule has 31 heavy (non-hydrogen) atoms. The van der Waals surface area contributed by atoms with E-state index in [0.717, 1.165) is 0 Å². The molecule has 0 radical (unpaired) electrons. The molecule has 1 heterocycles. The van der Waals surface area contributed by atoms with Gasteiger partial charge in [-0.3, -0.25) is 0 Å². The van der Waals surface area contributed by atoms with Gasteiger partial charge in [-0.25, -0.2) is 14.4 Å². The van der Waals surface area contributed by atoms with Crippen LogP contribution in [-0.2, 0) is 9.53 Å². The molecule has 0 aromatic heterocycles. The minimum absolute atomic E-state index is 0.219. The van der Waals surface area contributed by atoms with E-state index in [1.54, 1.807) is 55.5 Å². The highest BCUT2D eigenvalue weighted by Crippen LogP contribution is 2.35. The fraction of sp³-hybridized carbons (Fsp3) is 0.261. The number of ether oxygens (including phenoxy) is 3. The second-order valence-corrected chi connectivity index (χ2v) is 6.87. The van der Waals surface area contributed by atoms with Crippen molar-refractivity contribution < 1.29 is 28.6 Å². The Balaban J connectivity index is 1.91. The molecule has 0 aliphatic carbocycles. The van der Waals surface area contributed by atoms with Crippen molar-refractivity contribution in [3.63, 3.8) is 0 Å². The molecule has 0 spiro atoms. The predicted octanol–water partition coefficient (Wildman–Crippen LogP) is 3.50. The molecule has 2 N–H and O–H groups in total. The van der Waals surface area contributed by atoms with E-state index < -0.39 is 24.0 Å². The molecular formula is C23H24N2O6. The Morgan fingerprint density at radius 2 is 1.77 bits per heavy atom. The van der Waals surface area contributed by atoms with E-state index in [2.05, 4.69) is 10.6 Å². The number of urea groups is 1. The van der Waals surface area contributed by atoms with Gasteiger partial charge in [-0.05, 0) is 43.2 Å². The summed E-state index contributed by atoms with van der Waals surface area (Å²) in [5, 5.41) is 5.33. The average Bonchev–Trinajstić information content (AvgIpc) is 2.77. The van der Waals surface area contributed by atoms with E-state index in [4.69, 9.17) is 14.2 Å². The number of allylic oxidation sites excluding steroid dienone is 1. The van der Waals surface area contributed by atoms with Crippen molar-refractivity contribution in [1.29, 1.82) is 0 Å². The highest BCUT2D eigenvalue weighted by Gasteiger charge is 2.32. The lowest BCUT2D eigenvalue weighted by Gasteiger charge is -2.28. The number of hydrogen-bond donors (Lipinski definition) is 2. The van der Waals surface area contributed by atoms with Crippen LogP contribution in [0.25, 0.3) is 0 Å². The monoisotopic (exact) mass is 424 g/mol. The molecule has 2 aromatic carbocycles. The van der Waals surface area contributed by atoms with E-state index in [9.17, 15) is 14.4 Å². The van der Waals surface area contributed by atoms with Gasteiger partial charge in [0.15, 0.2) is 11.5 Å². The Morgan fingerprint density at radius 1 is 1.03 bits per heavy atom. The Kier molecular flexibility index (Phi) is 6.92. The first-order valence-corrected chi connectivity index (χ1v) is 9.85. The average molecular weight is 424 g/mol. The normalized spacial score (nSPS) is 15.6. The summed E-state index contributed by atoms with van der Waals surface area (Å²) in [6, 6.07) is 12.2. The Morgan fingerprint density at radius 3 is 2.45 bits per heavy atom. The minimum atomic E-state index is -0.745. The van der Waals surface area contributed by atoms with Crippen molar-refractivity contribution in [3.8, 4) is 11.5 Å². The number of amides is 2. The molecule has 1 unspecified atom stereocenters. The van der Waals surface area contributed by atoms with Crippen molar-refractivity contribution in [1.82, 2.24) is 10.6 Å². The van der Waals surface area contributed by atoms with Crippen LogP contribution in [0.3, 0.4) is 0 Å². The second kappa shape index (κ2) is 9.80. The summed E-state index contributed by atoms with van der Waals surface area (Å²) in [5.41, 5.74) is 1.69. The third kappa shape index (κ3) is 5.03. The molecule has 0 saturated carbocycles. The highest BCUT2D eigenvalue weighted by atomic mass is 16.6. The molecule has 1 atom stereocenters. The summed E-state index contributed by atoms with van der Waals surface area (Å²) in [6.07, 6.45) is 0.678. The Labute approximate surface area is 180 Å². The van der Waals surface area contributed by atoms with Crippen LogP contribution in [0, 0.1) is 0 Å². The number of esters is 2. The van der Waals surface area contributed by atoms with Crippen molar-refractivity contribution in [2.45, 2.75) is 26.3 Å². The maximum absolute atomic E-state index is 12.6. The molecule has 2 aromatic rings. The van der Waals surface area contributed by atoms with Crippen LogP contribution >= 0.6 is 0 Å². The summed E-state index contributed by atoms with van der Waals surface area (Å²) in [5.74, 6) is -0.540. The molecule has 0 fully saturated rings. The maximum atomic E-state index is 12.6. The largest absolute Gasteiger partial charge is 0.493 e. The smallest absolute Gasteiger partial charge is 0.343 e. The van der Waals surface area contributed by atoms with Gasteiger partial charge >= 0.3 is 18.0 Å². The van der Waals surface area contributed by atoms with Crippen molar-refractivity contribution in [3.05, 3.63) is 70.9 Å². The van der Waals surface area contributed by atoms with Gasteiger partial charge in [0.05, 0.1) is 30.9 Å². The van der Waals surface area contributed by atoms with Crippen LogP contribution in [0.2, 0.25) is 0 Å². The molecule has 0 saturated heterocycles. The molecular weight excluding hydrogens is 400 g/mol. The third-order valence-corrected chi connectivity index (χ3v) is 4.66. The van der Waals surface area contributed by atoms with E-state index in [1.165, 1.54) is 7.11 Å². The number of hydrogen-bond acceptors (Lipinski definition) is 6.